The predicted octanol–water partition coefficient (Wildman–Crippen LogP) is 3.08. The number of hydrogen-bond acceptors (Lipinski definition) is 4. The zero-order valence-corrected chi connectivity index (χ0v) is 15.4. The molecule has 0 aliphatic heterocycles. The molecule has 134 valence electrons. The number of rotatable bonds is 9. The number of nitrogens with zero attached hydrogens (tertiary/aromatic N) is 1. The molecular weight excluding hydrogens is 336 g/mol. The molecule has 2 aromatic carbocycles. The maximum Gasteiger partial charge on any atom is 0.240 e. The fraction of sp³-hybridized carbons (Fsp3) is 0.316. The van der Waals surface area contributed by atoms with Crippen LogP contribution in [0.25, 0.3) is 0 Å². The summed E-state index contributed by atoms with van der Waals surface area (Å²) in [7, 11) is -3.61. The Morgan fingerprint density at radius 1 is 1.08 bits per heavy atom. The highest BCUT2D eigenvalue weighted by Gasteiger charge is 2.15. The molecule has 0 aromatic heterocycles. The van der Waals surface area contributed by atoms with Crippen LogP contribution in [-0.4, -0.2) is 33.8 Å². The van der Waals surface area contributed by atoms with Crippen molar-refractivity contribution in [2.75, 3.05) is 24.5 Å². The fourth-order valence-corrected chi connectivity index (χ4v) is 3.67. The van der Waals surface area contributed by atoms with Gasteiger partial charge >= 0.3 is 0 Å². The second-order valence-electron chi connectivity index (χ2n) is 5.75. The largest absolute Gasteiger partial charge is 0.372 e. The molecule has 0 bridgehead atoms. The Morgan fingerprint density at radius 3 is 2.44 bits per heavy atom. The standard InChI is InChI=1S/C19H24N2O3S/c1-3-21(18-10-5-4-6-11-18)14-8-13-20-25(23,24)19-12-7-9-17(15-19)16(2)22/h4-7,9-12,15,20H,3,8,13-14H2,1-2H3. The van der Waals surface area contributed by atoms with Crippen LogP contribution in [-0.2, 0) is 10.0 Å². The fourth-order valence-electron chi connectivity index (χ4n) is 2.55. The van der Waals surface area contributed by atoms with E-state index in [9.17, 15) is 13.2 Å². The van der Waals surface area contributed by atoms with Crippen LogP contribution in [0.15, 0.2) is 59.5 Å². The van der Waals surface area contributed by atoms with E-state index in [0.717, 1.165) is 18.8 Å². The first-order valence-corrected chi connectivity index (χ1v) is 9.83. The maximum atomic E-state index is 12.4. The van der Waals surface area contributed by atoms with Crippen molar-refractivity contribution >= 4 is 21.5 Å². The minimum absolute atomic E-state index is 0.121. The summed E-state index contributed by atoms with van der Waals surface area (Å²) in [4.78, 5) is 13.7. The molecule has 0 aliphatic carbocycles. The lowest BCUT2D eigenvalue weighted by Gasteiger charge is -2.23. The van der Waals surface area contributed by atoms with Crippen molar-refractivity contribution in [3.63, 3.8) is 0 Å². The molecule has 0 fully saturated rings. The average Bonchev–Trinajstić information content (AvgIpc) is 2.62. The minimum Gasteiger partial charge on any atom is -0.372 e. The number of sulfonamides is 1. The second kappa shape index (κ2) is 8.78. The van der Waals surface area contributed by atoms with E-state index in [2.05, 4.69) is 16.5 Å². The van der Waals surface area contributed by atoms with Crippen LogP contribution in [0.2, 0.25) is 0 Å². The highest BCUT2D eigenvalue weighted by atomic mass is 32.2. The van der Waals surface area contributed by atoms with Gasteiger partial charge in [0, 0.05) is 30.9 Å². The smallest absolute Gasteiger partial charge is 0.240 e. The van der Waals surface area contributed by atoms with Gasteiger partial charge in [-0.25, -0.2) is 13.1 Å². The van der Waals surface area contributed by atoms with Crippen LogP contribution in [0, 0.1) is 0 Å². The van der Waals surface area contributed by atoms with E-state index in [1.165, 1.54) is 19.1 Å². The molecule has 0 aliphatic rings. The van der Waals surface area contributed by atoms with Crippen molar-refractivity contribution in [1.29, 1.82) is 0 Å². The number of carbonyl (C=O) groups excluding carboxylic acids is 1. The molecule has 0 heterocycles. The molecular formula is C19H24N2O3S. The molecule has 2 aromatic rings. The summed E-state index contributed by atoms with van der Waals surface area (Å²) in [5, 5.41) is 0. The highest BCUT2D eigenvalue weighted by Crippen LogP contribution is 2.14. The maximum absolute atomic E-state index is 12.4. The van der Waals surface area contributed by atoms with Crippen molar-refractivity contribution in [3.8, 4) is 0 Å². The quantitative estimate of drug-likeness (QED) is 0.551. The van der Waals surface area contributed by atoms with Gasteiger partial charge in [0.05, 0.1) is 4.90 Å². The Bertz CT molecular complexity index is 804. The number of anilines is 1. The van der Waals surface area contributed by atoms with Crippen LogP contribution in [0.3, 0.4) is 0 Å². The van der Waals surface area contributed by atoms with Crippen molar-refractivity contribution in [2.24, 2.45) is 0 Å². The topological polar surface area (TPSA) is 66.5 Å². The lowest BCUT2D eigenvalue weighted by molar-refractivity contribution is 0.101. The van der Waals surface area contributed by atoms with Crippen molar-refractivity contribution in [1.82, 2.24) is 4.72 Å². The van der Waals surface area contributed by atoms with Gasteiger partial charge in [0.25, 0.3) is 0 Å². The van der Waals surface area contributed by atoms with Crippen LogP contribution < -0.4 is 9.62 Å². The van der Waals surface area contributed by atoms with Crippen molar-refractivity contribution in [3.05, 3.63) is 60.2 Å². The Labute approximate surface area is 149 Å². The molecule has 1 N–H and O–H groups in total. The number of Topliss-reactive ketones (excluding diaryl/α,β-unsaturated/α-hetero) is 1. The summed E-state index contributed by atoms with van der Waals surface area (Å²) in [6.07, 6.45) is 0.689. The third kappa shape index (κ3) is 5.41. The van der Waals surface area contributed by atoms with Gasteiger partial charge in [-0.1, -0.05) is 30.3 Å². The van der Waals surface area contributed by atoms with Gasteiger partial charge in [0.1, 0.15) is 0 Å². The van der Waals surface area contributed by atoms with E-state index in [1.807, 2.05) is 30.3 Å². The molecule has 0 radical (unpaired) electrons. The first-order chi connectivity index (χ1) is 11.9. The van der Waals surface area contributed by atoms with E-state index in [1.54, 1.807) is 12.1 Å². The predicted molar refractivity (Wildman–Crippen MR) is 101 cm³/mol. The molecule has 6 heteroatoms. The van der Waals surface area contributed by atoms with Gasteiger partial charge in [0.15, 0.2) is 5.78 Å². The van der Waals surface area contributed by atoms with Gasteiger partial charge in [-0.3, -0.25) is 4.79 Å². The van der Waals surface area contributed by atoms with Crippen LogP contribution in [0.4, 0.5) is 5.69 Å². The lowest BCUT2D eigenvalue weighted by Crippen LogP contribution is -2.30. The van der Waals surface area contributed by atoms with Gasteiger partial charge in [-0.15, -0.1) is 0 Å². The van der Waals surface area contributed by atoms with Gasteiger partial charge in [-0.2, -0.15) is 0 Å². The van der Waals surface area contributed by atoms with E-state index in [0.29, 0.717) is 18.5 Å². The number of ketones is 1. The third-order valence-electron chi connectivity index (χ3n) is 3.95. The second-order valence-corrected chi connectivity index (χ2v) is 7.52. The van der Waals surface area contributed by atoms with Crippen LogP contribution >= 0.6 is 0 Å². The van der Waals surface area contributed by atoms with Crippen LogP contribution in [0.5, 0.6) is 0 Å². The summed E-state index contributed by atoms with van der Waals surface area (Å²) in [5.74, 6) is -0.154. The number of benzene rings is 2. The molecule has 0 saturated carbocycles. The Balaban J connectivity index is 1.92. The van der Waals surface area contributed by atoms with Gasteiger partial charge < -0.3 is 4.90 Å². The molecule has 0 unspecified atom stereocenters. The molecule has 5 nitrogen and oxygen atoms in total. The normalized spacial score (nSPS) is 11.3. The summed E-state index contributed by atoms with van der Waals surface area (Å²) in [5.41, 5.74) is 1.52. The van der Waals surface area contributed by atoms with Gasteiger partial charge in [-0.05, 0) is 44.5 Å². The number of para-hydroxylation sites is 1. The molecule has 0 saturated heterocycles. The zero-order chi connectivity index (χ0) is 18.3. The van der Waals surface area contributed by atoms with Gasteiger partial charge in [0.2, 0.25) is 10.0 Å². The Hall–Kier alpha value is -2.18. The van der Waals surface area contributed by atoms with E-state index in [-0.39, 0.29) is 10.7 Å². The number of carbonyl (C=O) groups is 1. The van der Waals surface area contributed by atoms with Crippen molar-refractivity contribution < 1.29 is 13.2 Å². The molecule has 25 heavy (non-hydrogen) atoms. The van der Waals surface area contributed by atoms with E-state index in [4.69, 9.17) is 0 Å². The molecule has 2 rings (SSSR count). The Kier molecular flexibility index (Phi) is 6.73. The lowest BCUT2D eigenvalue weighted by atomic mass is 10.2. The summed E-state index contributed by atoms with van der Waals surface area (Å²) in [6, 6.07) is 16.1. The summed E-state index contributed by atoms with van der Waals surface area (Å²) < 4.78 is 27.3. The number of nitrogens with one attached hydrogen (secondary N) is 1. The minimum atomic E-state index is -3.61. The summed E-state index contributed by atoms with van der Waals surface area (Å²) >= 11 is 0. The molecule has 0 amide bonds. The third-order valence-corrected chi connectivity index (χ3v) is 5.41. The van der Waals surface area contributed by atoms with Crippen LogP contribution in [0.1, 0.15) is 30.6 Å². The molecule has 0 atom stereocenters. The SMILES string of the molecule is CCN(CCCNS(=O)(=O)c1cccc(C(C)=O)c1)c1ccccc1. The zero-order valence-electron chi connectivity index (χ0n) is 14.6. The van der Waals surface area contributed by atoms with E-state index >= 15 is 0 Å². The monoisotopic (exact) mass is 360 g/mol. The first-order valence-electron chi connectivity index (χ1n) is 8.34. The molecule has 0 spiro atoms. The summed E-state index contributed by atoms with van der Waals surface area (Å²) in [6.45, 7) is 5.45. The highest BCUT2D eigenvalue weighted by molar-refractivity contribution is 7.89. The average molecular weight is 360 g/mol. The Morgan fingerprint density at radius 2 is 1.80 bits per heavy atom. The first kappa shape index (κ1) is 19.1. The van der Waals surface area contributed by atoms with E-state index < -0.39 is 10.0 Å². The van der Waals surface area contributed by atoms with Crippen molar-refractivity contribution in [2.45, 2.75) is 25.2 Å². The number of hydrogen-bond donors (Lipinski definition) is 1.